The SMILES string of the molecule is Nc1cc(S(=O)(=O)N2CCOc3ccccc32)ccc1Cl. The Morgan fingerprint density at radius 2 is 1.95 bits per heavy atom. The number of anilines is 2. The van der Waals surface area contributed by atoms with Crippen LogP contribution in [0.4, 0.5) is 11.4 Å². The first kappa shape index (κ1) is 14.0. The number of rotatable bonds is 2. The lowest BCUT2D eigenvalue weighted by Crippen LogP contribution is -2.37. The molecule has 0 unspecified atom stereocenters. The van der Waals surface area contributed by atoms with Crippen molar-refractivity contribution in [3.05, 3.63) is 47.5 Å². The van der Waals surface area contributed by atoms with Gasteiger partial charge < -0.3 is 10.5 Å². The number of hydrogen-bond acceptors (Lipinski definition) is 4. The monoisotopic (exact) mass is 324 g/mol. The maximum absolute atomic E-state index is 12.8. The average molecular weight is 325 g/mol. The molecule has 1 heterocycles. The topological polar surface area (TPSA) is 72.6 Å². The fraction of sp³-hybridized carbons (Fsp3) is 0.143. The molecule has 21 heavy (non-hydrogen) atoms. The highest BCUT2D eigenvalue weighted by Crippen LogP contribution is 2.35. The van der Waals surface area contributed by atoms with Gasteiger partial charge in [0.15, 0.2) is 0 Å². The van der Waals surface area contributed by atoms with Crippen LogP contribution in [0.3, 0.4) is 0 Å². The molecule has 0 bridgehead atoms. The molecule has 2 aromatic carbocycles. The third-order valence-corrected chi connectivity index (χ3v) is 5.39. The van der Waals surface area contributed by atoms with Gasteiger partial charge in [0.25, 0.3) is 10.0 Å². The minimum absolute atomic E-state index is 0.112. The van der Waals surface area contributed by atoms with Crippen LogP contribution in [-0.4, -0.2) is 21.6 Å². The number of halogens is 1. The average Bonchev–Trinajstić information content (AvgIpc) is 2.49. The Balaban J connectivity index is 2.09. The number of ether oxygens (including phenoxy) is 1. The van der Waals surface area contributed by atoms with E-state index in [0.717, 1.165) is 0 Å². The van der Waals surface area contributed by atoms with E-state index in [1.54, 1.807) is 24.3 Å². The molecule has 0 saturated heterocycles. The summed E-state index contributed by atoms with van der Waals surface area (Å²) in [4.78, 5) is 0.112. The maximum atomic E-state index is 12.8. The highest BCUT2D eigenvalue weighted by Gasteiger charge is 2.30. The summed E-state index contributed by atoms with van der Waals surface area (Å²) in [5.41, 5.74) is 6.46. The molecule has 0 aromatic heterocycles. The second kappa shape index (κ2) is 5.13. The van der Waals surface area contributed by atoms with E-state index in [9.17, 15) is 8.42 Å². The summed E-state index contributed by atoms with van der Waals surface area (Å²) < 4.78 is 32.4. The Labute approximate surface area is 127 Å². The zero-order valence-corrected chi connectivity index (χ0v) is 12.6. The van der Waals surface area contributed by atoms with Crippen LogP contribution >= 0.6 is 11.6 Å². The summed E-state index contributed by atoms with van der Waals surface area (Å²) >= 11 is 5.84. The van der Waals surface area contributed by atoms with Gasteiger partial charge >= 0.3 is 0 Å². The van der Waals surface area contributed by atoms with E-state index < -0.39 is 10.0 Å². The van der Waals surface area contributed by atoms with Crippen molar-refractivity contribution in [2.75, 3.05) is 23.2 Å². The molecule has 0 aliphatic carbocycles. The molecule has 3 rings (SSSR count). The van der Waals surface area contributed by atoms with Gasteiger partial charge in [-0.05, 0) is 30.3 Å². The summed E-state index contributed by atoms with van der Waals surface area (Å²) in [5, 5.41) is 0.330. The van der Waals surface area contributed by atoms with E-state index in [0.29, 0.717) is 23.1 Å². The van der Waals surface area contributed by atoms with Gasteiger partial charge in [0.05, 0.1) is 27.8 Å². The van der Waals surface area contributed by atoms with Crippen molar-refractivity contribution < 1.29 is 13.2 Å². The lowest BCUT2D eigenvalue weighted by atomic mass is 10.2. The number of nitrogens with zero attached hydrogens (tertiary/aromatic N) is 1. The molecule has 7 heteroatoms. The predicted molar refractivity (Wildman–Crippen MR) is 82.3 cm³/mol. The van der Waals surface area contributed by atoms with Crippen LogP contribution < -0.4 is 14.8 Å². The molecule has 0 spiro atoms. The number of hydrogen-bond donors (Lipinski definition) is 1. The second-order valence-corrected chi connectivity index (χ2v) is 6.85. The van der Waals surface area contributed by atoms with Gasteiger partial charge in [0, 0.05) is 0 Å². The predicted octanol–water partition coefficient (Wildman–Crippen LogP) is 2.51. The molecule has 2 aromatic rings. The summed E-state index contributed by atoms with van der Waals surface area (Å²) in [5.74, 6) is 0.550. The second-order valence-electron chi connectivity index (χ2n) is 4.58. The minimum Gasteiger partial charge on any atom is -0.489 e. The van der Waals surface area contributed by atoms with Crippen molar-refractivity contribution in [2.45, 2.75) is 4.90 Å². The number of sulfonamides is 1. The molecule has 0 atom stereocenters. The van der Waals surface area contributed by atoms with Gasteiger partial charge in [0.1, 0.15) is 12.4 Å². The molecular formula is C14H13ClN2O3S. The van der Waals surface area contributed by atoms with Crippen molar-refractivity contribution in [2.24, 2.45) is 0 Å². The molecule has 110 valence electrons. The Hall–Kier alpha value is -1.92. The van der Waals surface area contributed by atoms with Crippen LogP contribution in [0.2, 0.25) is 5.02 Å². The third kappa shape index (κ3) is 2.41. The molecule has 0 radical (unpaired) electrons. The Kier molecular flexibility index (Phi) is 3.43. The number of benzene rings is 2. The van der Waals surface area contributed by atoms with Gasteiger partial charge in [-0.25, -0.2) is 8.42 Å². The van der Waals surface area contributed by atoms with Crippen molar-refractivity contribution in [1.29, 1.82) is 0 Å². The minimum atomic E-state index is -3.70. The highest BCUT2D eigenvalue weighted by atomic mass is 35.5. The van der Waals surface area contributed by atoms with E-state index in [-0.39, 0.29) is 17.1 Å². The summed E-state index contributed by atoms with van der Waals surface area (Å²) in [6.07, 6.45) is 0. The van der Waals surface area contributed by atoms with Crippen molar-refractivity contribution >= 4 is 33.0 Å². The van der Waals surface area contributed by atoms with Crippen molar-refractivity contribution in [3.63, 3.8) is 0 Å². The first-order valence-electron chi connectivity index (χ1n) is 6.30. The first-order valence-corrected chi connectivity index (χ1v) is 8.11. The lowest BCUT2D eigenvalue weighted by Gasteiger charge is -2.30. The molecule has 1 aliphatic rings. The zero-order valence-electron chi connectivity index (χ0n) is 11.0. The standard InChI is InChI=1S/C14H13ClN2O3S/c15-11-6-5-10(9-12(11)16)21(18,19)17-7-8-20-14-4-2-1-3-13(14)17/h1-6,9H,7-8,16H2. The molecule has 2 N–H and O–H groups in total. The normalized spacial score (nSPS) is 14.4. The maximum Gasteiger partial charge on any atom is 0.264 e. The van der Waals surface area contributed by atoms with Crippen LogP contribution in [0.1, 0.15) is 0 Å². The number of nitrogens with two attached hydrogens (primary N) is 1. The molecule has 1 aliphatic heterocycles. The van der Waals surface area contributed by atoms with Gasteiger partial charge in [0.2, 0.25) is 0 Å². The number of nitrogen functional groups attached to an aromatic ring is 1. The summed E-state index contributed by atoms with van der Waals surface area (Å²) in [6, 6.07) is 11.3. The van der Waals surface area contributed by atoms with E-state index >= 15 is 0 Å². The van der Waals surface area contributed by atoms with Gasteiger partial charge in [-0.3, -0.25) is 4.31 Å². The molecular weight excluding hydrogens is 312 g/mol. The Morgan fingerprint density at radius 3 is 2.71 bits per heavy atom. The first-order chi connectivity index (χ1) is 10.00. The zero-order chi connectivity index (χ0) is 15.0. The van der Waals surface area contributed by atoms with Crippen LogP contribution in [-0.2, 0) is 10.0 Å². The van der Waals surface area contributed by atoms with E-state index in [1.165, 1.54) is 22.5 Å². The van der Waals surface area contributed by atoms with E-state index in [2.05, 4.69) is 0 Å². The van der Waals surface area contributed by atoms with E-state index in [1.807, 2.05) is 0 Å². The third-order valence-electron chi connectivity index (χ3n) is 3.24. The van der Waals surface area contributed by atoms with Crippen molar-refractivity contribution in [1.82, 2.24) is 0 Å². The molecule has 0 fully saturated rings. The van der Waals surface area contributed by atoms with Crippen LogP contribution in [0, 0.1) is 0 Å². The van der Waals surface area contributed by atoms with Crippen LogP contribution in [0.5, 0.6) is 5.75 Å². The fourth-order valence-electron chi connectivity index (χ4n) is 2.20. The Morgan fingerprint density at radius 1 is 1.19 bits per heavy atom. The molecule has 0 amide bonds. The molecule has 0 saturated carbocycles. The van der Waals surface area contributed by atoms with Crippen LogP contribution in [0.25, 0.3) is 0 Å². The smallest absolute Gasteiger partial charge is 0.264 e. The highest BCUT2D eigenvalue weighted by molar-refractivity contribution is 7.92. The Bertz CT molecular complexity index is 793. The van der Waals surface area contributed by atoms with Gasteiger partial charge in [-0.15, -0.1) is 0 Å². The number of para-hydroxylation sites is 2. The van der Waals surface area contributed by atoms with Gasteiger partial charge in [-0.2, -0.15) is 0 Å². The van der Waals surface area contributed by atoms with Crippen LogP contribution in [0.15, 0.2) is 47.4 Å². The van der Waals surface area contributed by atoms with Crippen molar-refractivity contribution in [3.8, 4) is 5.75 Å². The summed E-state index contributed by atoms with van der Waals surface area (Å²) in [7, 11) is -3.70. The molecule has 5 nitrogen and oxygen atoms in total. The van der Waals surface area contributed by atoms with Gasteiger partial charge in [-0.1, -0.05) is 23.7 Å². The quantitative estimate of drug-likeness (QED) is 0.861. The largest absolute Gasteiger partial charge is 0.489 e. The van der Waals surface area contributed by atoms with E-state index in [4.69, 9.17) is 22.1 Å². The lowest BCUT2D eigenvalue weighted by molar-refractivity contribution is 0.316. The fourth-order valence-corrected chi connectivity index (χ4v) is 3.82. The number of fused-ring (bicyclic) bond motifs is 1. The summed E-state index contributed by atoms with van der Waals surface area (Å²) in [6.45, 7) is 0.557.